The lowest BCUT2D eigenvalue weighted by Gasteiger charge is -2.09. The monoisotopic (exact) mass is 367 g/mol. The van der Waals surface area contributed by atoms with Crippen molar-refractivity contribution in [3.8, 4) is 0 Å². The third-order valence-corrected chi connectivity index (χ3v) is 3.76. The number of nitrogens with zero attached hydrogens (tertiary/aromatic N) is 3. The standard InChI is InChI=1S/C18H21N7O2/c1-3-19-17(26)24-16-10-15(21-11-22-16)23-13-5-6-14-12(9-13)7-8-25(14)18(27)20-4-2/h5-11H,3-4H2,1-2H3,(H,20,27)(H3,19,21,22,23,24,26). The number of hydrogen-bond acceptors (Lipinski definition) is 5. The summed E-state index contributed by atoms with van der Waals surface area (Å²) in [6.07, 6.45) is 3.10. The Balaban J connectivity index is 1.77. The lowest BCUT2D eigenvalue weighted by molar-refractivity contribution is 0.243. The fourth-order valence-corrected chi connectivity index (χ4v) is 2.60. The van der Waals surface area contributed by atoms with Crippen LogP contribution in [0.3, 0.4) is 0 Å². The smallest absolute Gasteiger partial charge is 0.326 e. The molecule has 9 heteroatoms. The molecule has 4 N–H and O–H groups in total. The van der Waals surface area contributed by atoms with Gasteiger partial charge in [-0.15, -0.1) is 0 Å². The van der Waals surface area contributed by atoms with Gasteiger partial charge in [-0.25, -0.2) is 19.6 Å². The maximum Gasteiger partial charge on any atom is 0.326 e. The first-order valence-electron chi connectivity index (χ1n) is 8.64. The van der Waals surface area contributed by atoms with Gasteiger partial charge in [0.1, 0.15) is 18.0 Å². The Bertz CT molecular complexity index is 967. The average Bonchev–Trinajstić information content (AvgIpc) is 3.05. The van der Waals surface area contributed by atoms with E-state index in [-0.39, 0.29) is 12.1 Å². The van der Waals surface area contributed by atoms with Gasteiger partial charge in [0.2, 0.25) is 0 Å². The number of hydrogen-bond donors (Lipinski definition) is 4. The van der Waals surface area contributed by atoms with Gasteiger partial charge in [0.25, 0.3) is 0 Å². The van der Waals surface area contributed by atoms with Gasteiger partial charge in [-0.05, 0) is 38.1 Å². The molecule has 3 aromatic rings. The second-order valence-electron chi connectivity index (χ2n) is 5.69. The Morgan fingerprint density at radius 3 is 2.56 bits per heavy atom. The highest BCUT2D eigenvalue weighted by Gasteiger charge is 2.09. The molecule has 3 amide bonds. The summed E-state index contributed by atoms with van der Waals surface area (Å²) in [5.41, 5.74) is 1.62. The number of aromatic nitrogens is 3. The van der Waals surface area contributed by atoms with Crippen molar-refractivity contribution in [2.24, 2.45) is 0 Å². The van der Waals surface area contributed by atoms with Crippen molar-refractivity contribution in [1.82, 2.24) is 25.2 Å². The van der Waals surface area contributed by atoms with Crippen LogP contribution in [-0.2, 0) is 0 Å². The van der Waals surface area contributed by atoms with Gasteiger partial charge in [-0.3, -0.25) is 9.88 Å². The Morgan fingerprint density at radius 1 is 1.00 bits per heavy atom. The number of nitrogens with one attached hydrogen (secondary N) is 4. The SMILES string of the molecule is CCNC(=O)Nc1cc(Nc2ccc3c(ccn3C(=O)NCC)c2)ncn1. The van der Waals surface area contributed by atoms with E-state index in [2.05, 4.69) is 31.2 Å². The summed E-state index contributed by atoms with van der Waals surface area (Å²) in [5.74, 6) is 0.932. The number of anilines is 3. The van der Waals surface area contributed by atoms with Crippen molar-refractivity contribution in [2.45, 2.75) is 13.8 Å². The minimum absolute atomic E-state index is 0.162. The topological polar surface area (TPSA) is 113 Å². The largest absolute Gasteiger partial charge is 0.340 e. The molecule has 0 fully saturated rings. The molecule has 0 spiro atoms. The van der Waals surface area contributed by atoms with Crippen LogP contribution in [0.15, 0.2) is 42.9 Å². The number of carbonyl (C=O) groups excluding carboxylic acids is 2. The van der Waals surface area contributed by atoms with Crippen LogP contribution in [-0.4, -0.2) is 39.7 Å². The van der Waals surface area contributed by atoms with Crippen molar-refractivity contribution in [3.63, 3.8) is 0 Å². The first kappa shape index (κ1) is 18.2. The Hall–Kier alpha value is -3.62. The number of benzene rings is 1. The average molecular weight is 367 g/mol. The van der Waals surface area contributed by atoms with Crippen molar-refractivity contribution < 1.29 is 9.59 Å². The molecule has 0 radical (unpaired) electrons. The number of amides is 3. The molecule has 1 aromatic carbocycles. The molecule has 9 nitrogen and oxygen atoms in total. The second kappa shape index (κ2) is 8.17. The molecular formula is C18H21N7O2. The molecule has 0 aliphatic rings. The van der Waals surface area contributed by atoms with Gasteiger partial charge < -0.3 is 16.0 Å². The van der Waals surface area contributed by atoms with E-state index in [0.717, 1.165) is 16.6 Å². The molecule has 0 aliphatic heterocycles. The minimum Gasteiger partial charge on any atom is -0.340 e. The lowest BCUT2D eigenvalue weighted by atomic mass is 10.2. The van der Waals surface area contributed by atoms with Crippen LogP contribution in [0.25, 0.3) is 10.9 Å². The molecule has 0 atom stereocenters. The van der Waals surface area contributed by atoms with E-state index in [1.165, 1.54) is 6.33 Å². The van der Waals surface area contributed by atoms with Crippen molar-refractivity contribution in [3.05, 3.63) is 42.9 Å². The van der Waals surface area contributed by atoms with Crippen molar-refractivity contribution in [1.29, 1.82) is 0 Å². The van der Waals surface area contributed by atoms with Crippen LogP contribution in [0.1, 0.15) is 13.8 Å². The highest BCUT2D eigenvalue weighted by atomic mass is 16.2. The number of rotatable bonds is 5. The maximum absolute atomic E-state index is 12.0. The molecule has 2 aromatic heterocycles. The Labute approximate surface area is 156 Å². The molecule has 0 saturated heterocycles. The van der Waals surface area contributed by atoms with E-state index in [9.17, 15) is 9.59 Å². The van der Waals surface area contributed by atoms with E-state index >= 15 is 0 Å². The summed E-state index contributed by atoms with van der Waals surface area (Å²) in [5, 5.41) is 12.1. The normalized spacial score (nSPS) is 10.4. The number of urea groups is 1. The fourth-order valence-electron chi connectivity index (χ4n) is 2.60. The molecule has 3 rings (SSSR count). The molecule has 0 bridgehead atoms. The van der Waals surface area contributed by atoms with Gasteiger partial charge in [0, 0.05) is 36.4 Å². The van der Waals surface area contributed by atoms with Crippen LogP contribution in [0.2, 0.25) is 0 Å². The van der Waals surface area contributed by atoms with Crippen LogP contribution in [0, 0.1) is 0 Å². The third kappa shape index (κ3) is 4.32. The Kier molecular flexibility index (Phi) is 5.50. The number of carbonyl (C=O) groups is 2. The molecule has 0 unspecified atom stereocenters. The molecule has 140 valence electrons. The zero-order valence-electron chi connectivity index (χ0n) is 15.1. The summed E-state index contributed by atoms with van der Waals surface area (Å²) in [6, 6.07) is 8.67. The predicted octanol–water partition coefficient (Wildman–Crippen LogP) is 2.89. The van der Waals surface area contributed by atoms with Crippen LogP contribution < -0.4 is 21.3 Å². The summed E-state index contributed by atoms with van der Waals surface area (Å²) < 4.78 is 1.57. The highest BCUT2D eigenvalue weighted by Crippen LogP contribution is 2.23. The fraction of sp³-hybridized carbons (Fsp3) is 0.222. The summed E-state index contributed by atoms with van der Waals surface area (Å²) in [7, 11) is 0. The van der Waals surface area contributed by atoms with E-state index in [1.54, 1.807) is 16.8 Å². The maximum atomic E-state index is 12.0. The van der Waals surface area contributed by atoms with Crippen molar-refractivity contribution in [2.75, 3.05) is 23.7 Å². The van der Waals surface area contributed by atoms with Crippen molar-refractivity contribution >= 4 is 40.3 Å². The zero-order valence-corrected chi connectivity index (χ0v) is 15.1. The van der Waals surface area contributed by atoms with E-state index in [0.29, 0.717) is 24.7 Å². The summed E-state index contributed by atoms with van der Waals surface area (Å²) in [6.45, 7) is 4.81. The minimum atomic E-state index is -0.324. The number of fused-ring (bicyclic) bond motifs is 1. The van der Waals surface area contributed by atoms with E-state index in [1.807, 2.05) is 38.1 Å². The highest BCUT2D eigenvalue weighted by molar-refractivity contribution is 5.93. The summed E-state index contributed by atoms with van der Waals surface area (Å²) in [4.78, 5) is 31.8. The molecule has 27 heavy (non-hydrogen) atoms. The van der Waals surface area contributed by atoms with Gasteiger partial charge in [0.15, 0.2) is 0 Å². The predicted molar refractivity (Wildman–Crippen MR) is 104 cm³/mol. The first-order chi connectivity index (χ1) is 13.1. The summed E-state index contributed by atoms with van der Waals surface area (Å²) >= 11 is 0. The molecule has 0 aliphatic carbocycles. The third-order valence-electron chi connectivity index (χ3n) is 3.76. The molecule has 0 saturated carbocycles. The first-order valence-corrected chi connectivity index (χ1v) is 8.64. The molecular weight excluding hydrogens is 346 g/mol. The van der Waals surface area contributed by atoms with Crippen LogP contribution >= 0.6 is 0 Å². The lowest BCUT2D eigenvalue weighted by Crippen LogP contribution is -2.28. The van der Waals surface area contributed by atoms with Gasteiger partial charge in [0.05, 0.1) is 5.52 Å². The van der Waals surface area contributed by atoms with E-state index in [4.69, 9.17) is 0 Å². The van der Waals surface area contributed by atoms with E-state index < -0.39 is 0 Å². The Morgan fingerprint density at radius 2 is 1.78 bits per heavy atom. The zero-order chi connectivity index (χ0) is 19.2. The van der Waals surface area contributed by atoms with Gasteiger partial charge in [-0.1, -0.05) is 0 Å². The second-order valence-corrected chi connectivity index (χ2v) is 5.69. The van der Waals surface area contributed by atoms with Gasteiger partial charge in [-0.2, -0.15) is 0 Å². The van der Waals surface area contributed by atoms with Gasteiger partial charge >= 0.3 is 12.1 Å². The quantitative estimate of drug-likeness (QED) is 0.554. The van der Waals surface area contributed by atoms with Crippen LogP contribution in [0.5, 0.6) is 0 Å². The van der Waals surface area contributed by atoms with Crippen LogP contribution in [0.4, 0.5) is 26.9 Å². The molecule has 2 heterocycles.